The van der Waals surface area contributed by atoms with Crippen molar-refractivity contribution in [3.05, 3.63) is 5.92 Å². The van der Waals surface area contributed by atoms with E-state index in [2.05, 4.69) is 6.92 Å². The average Bonchev–Trinajstić information content (AvgIpc) is 2.00. The van der Waals surface area contributed by atoms with Gasteiger partial charge in [-0.05, 0) is 25.2 Å². The lowest BCUT2D eigenvalue weighted by molar-refractivity contribution is -0.119. The Kier molecular flexibility index (Phi) is 4.34. The summed E-state index contributed by atoms with van der Waals surface area (Å²) in [6.07, 6.45) is 8.87. The maximum absolute atomic E-state index is 11.3. The van der Waals surface area contributed by atoms with Gasteiger partial charge in [-0.25, -0.2) is 0 Å². The molecule has 12 heavy (non-hydrogen) atoms. The second-order valence-electron chi connectivity index (χ2n) is 3.78. The third kappa shape index (κ3) is 3.38. The van der Waals surface area contributed by atoms with Gasteiger partial charge in [-0.3, -0.25) is 4.79 Å². The molecule has 0 unspecified atom stereocenters. The monoisotopic (exact) mass is 167 g/mol. The molecule has 0 aromatic rings. The Labute approximate surface area is 75.5 Å². The molecule has 69 valence electrons. The van der Waals surface area contributed by atoms with Gasteiger partial charge in [0.05, 0.1) is 0 Å². The summed E-state index contributed by atoms with van der Waals surface area (Å²) >= 11 is 0. The Hall–Kier alpha value is -0.330. The number of hydrogen-bond acceptors (Lipinski definition) is 1. The zero-order valence-corrected chi connectivity index (χ0v) is 8.07. The van der Waals surface area contributed by atoms with Crippen LogP contribution in [-0.2, 0) is 4.79 Å². The van der Waals surface area contributed by atoms with Crippen molar-refractivity contribution in [1.82, 2.24) is 0 Å². The largest absolute Gasteiger partial charge is 0.300 e. The lowest BCUT2D eigenvalue weighted by Crippen LogP contribution is -2.09. The highest BCUT2D eigenvalue weighted by atomic mass is 16.1. The first-order chi connectivity index (χ1) is 5.83. The number of hydrogen-bond donors (Lipinski definition) is 0. The standard InChI is InChI=1S/C11H19O/c1-2-6-10-7-4-3-5-8-11(12)9-10/h2-9H2,1H3. The predicted molar refractivity (Wildman–Crippen MR) is 50.9 cm³/mol. The van der Waals surface area contributed by atoms with Gasteiger partial charge < -0.3 is 0 Å². The van der Waals surface area contributed by atoms with Crippen molar-refractivity contribution < 1.29 is 4.79 Å². The molecule has 1 aliphatic carbocycles. The van der Waals surface area contributed by atoms with E-state index < -0.39 is 0 Å². The Morgan fingerprint density at radius 1 is 1.17 bits per heavy atom. The number of rotatable bonds is 2. The normalized spacial score (nSPS) is 21.9. The zero-order chi connectivity index (χ0) is 8.81. The summed E-state index contributed by atoms with van der Waals surface area (Å²) in [5, 5.41) is 0. The van der Waals surface area contributed by atoms with Crippen LogP contribution in [0.3, 0.4) is 0 Å². The first-order valence-corrected chi connectivity index (χ1v) is 5.18. The minimum atomic E-state index is 0.471. The van der Waals surface area contributed by atoms with Gasteiger partial charge in [-0.1, -0.05) is 26.2 Å². The van der Waals surface area contributed by atoms with Gasteiger partial charge in [0.1, 0.15) is 5.78 Å². The van der Waals surface area contributed by atoms with Crippen molar-refractivity contribution in [1.29, 1.82) is 0 Å². The van der Waals surface area contributed by atoms with Crippen molar-refractivity contribution in [2.45, 2.75) is 58.3 Å². The number of carbonyl (C=O) groups excluding carboxylic acids is 1. The molecule has 0 aromatic heterocycles. The van der Waals surface area contributed by atoms with E-state index in [4.69, 9.17) is 0 Å². The van der Waals surface area contributed by atoms with Crippen molar-refractivity contribution in [3.8, 4) is 0 Å². The molecule has 0 spiro atoms. The van der Waals surface area contributed by atoms with Crippen LogP contribution in [0.4, 0.5) is 0 Å². The van der Waals surface area contributed by atoms with Crippen molar-refractivity contribution in [3.63, 3.8) is 0 Å². The smallest absolute Gasteiger partial charge is 0.133 e. The Balaban J connectivity index is 2.33. The van der Waals surface area contributed by atoms with E-state index in [9.17, 15) is 4.79 Å². The van der Waals surface area contributed by atoms with Gasteiger partial charge in [0.2, 0.25) is 0 Å². The molecule has 0 aromatic carbocycles. The Morgan fingerprint density at radius 3 is 2.67 bits per heavy atom. The number of carbonyl (C=O) groups is 1. The Bertz CT molecular complexity index is 140. The molecular weight excluding hydrogens is 148 g/mol. The van der Waals surface area contributed by atoms with E-state index in [-0.39, 0.29) is 0 Å². The molecule has 1 heteroatoms. The summed E-state index contributed by atoms with van der Waals surface area (Å²) < 4.78 is 0. The van der Waals surface area contributed by atoms with Crippen molar-refractivity contribution in [2.24, 2.45) is 0 Å². The van der Waals surface area contributed by atoms with Gasteiger partial charge in [0.25, 0.3) is 0 Å². The third-order valence-corrected chi connectivity index (χ3v) is 2.54. The van der Waals surface area contributed by atoms with Crippen LogP contribution in [0.2, 0.25) is 0 Å². The molecule has 0 atom stereocenters. The second-order valence-corrected chi connectivity index (χ2v) is 3.78. The van der Waals surface area contributed by atoms with Gasteiger partial charge in [-0.2, -0.15) is 0 Å². The van der Waals surface area contributed by atoms with E-state index in [0.717, 1.165) is 19.3 Å². The summed E-state index contributed by atoms with van der Waals surface area (Å²) in [5.41, 5.74) is 0. The van der Waals surface area contributed by atoms with E-state index in [1.807, 2.05) is 0 Å². The topological polar surface area (TPSA) is 17.1 Å². The summed E-state index contributed by atoms with van der Waals surface area (Å²) in [4.78, 5) is 11.3. The maximum Gasteiger partial charge on any atom is 0.133 e. The zero-order valence-electron chi connectivity index (χ0n) is 8.07. The Morgan fingerprint density at radius 2 is 1.92 bits per heavy atom. The van der Waals surface area contributed by atoms with Gasteiger partial charge in [-0.15, -0.1) is 0 Å². The third-order valence-electron chi connectivity index (χ3n) is 2.54. The maximum atomic E-state index is 11.3. The molecule has 0 saturated heterocycles. The molecule has 1 saturated carbocycles. The molecule has 1 fully saturated rings. The molecule has 1 nitrogen and oxygen atoms in total. The minimum absolute atomic E-state index is 0.471. The van der Waals surface area contributed by atoms with Crippen LogP contribution in [0.25, 0.3) is 0 Å². The lowest BCUT2D eigenvalue weighted by atomic mass is 9.88. The van der Waals surface area contributed by atoms with E-state index in [1.165, 1.54) is 38.0 Å². The number of Topliss-reactive ketones (excluding diaryl/α,β-unsaturated/α-hetero) is 1. The van der Waals surface area contributed by atoms with Crippen LogP contribution < -0.4 is 0 Å². The summed E-state index contributed by atoms with van der Waals surface area (Å²) in [7, 11) is 0. The molecule has 1 rings (SSSR count). The van der Waals surface area contributed by atoms with Gasteiger partial charge in [0.15, 0.2) is 0 Å². The highest BCUT2D eigenvalue weighted by Crippen LogP contribution is 2.25. The first kappa shape index (κ1) is 9.76. The average molecular weight is 167 g/mol. The molecule has 0 amide bonds. The van der Waals surface area contributed by atoms with Crippen LogP contribution in [-0.4, -0.2) is 5.78 Å². The van der Waals surface area contributed by atoms with E-state index >= 15 is 0 Å². The van der Waals surface area contributed by atoms with Crippen LogP contribution in [0.5, 0.6) is 0 Å². The van der Waals surface area contributed by atoms with E-state index in [1.54, 1.807) is 0 Å². The fraction of sp³-hybridized carbons (Fsp3) is 0.818. The fourth-order valence-electron chi connectivity index (χ4n) is 1.90. The van der Waals surface area contributed by atoms with Crippen LogP contribution in [0, 0.1) is 5.92 Å². The molecule has 1 radical (unpaired) electrons. The van der Waals surface area contributed by atoms with Crippen molar-refractivity contribution in [2.75, 3.05) is 0 Å². The summed E-state index contributed by atoms with van der Waals surface area (Å²) in [6.45, 7) is 2.19. The lowest BCUT2D eigenvalue weighted by Gasteiger charge is -2.17. The molecule has 0 aliphatic heterocycles. The molecule has 1 aliphatic rings. The second kappa shape index (κ2) is 5.34. The highest BCUT2D eigenvalue weighted by Gasteiger charge is 2.15. The molecular formula is C11H19O. The molecule has 0 bridgehead atoms. The summed E-state index contributed by atoms with van der Waals surface area (Å²) in [6, 6.07) is 0. The highest BCUT2D eigenvalue weighted by molar-refractivity contribution is 5.80. The fourth-order valence-corrected chi connectivity index (χ4v) is 1.90. The quantitative estimate of drug-likeness (QED) is 0.616. The van der Waals surface area contributed by atoms with Gasteiger partial charge in [0, 0.05) is 12.8 Å². The number of ketones is 1. The van der Waals surface area contributed by atoms with Crippen LogP contribution in [0.15, 0.2) is 0 Å². The predicted octanol–water partition coefficient (Wildman–Crippen LogP) is 3.28. The van der Waals surface area contributed by atoms with Gasteiger partial charge >= 0.3 is 0 Å². The SMILES string of the molecule is CCC[C]1CCCCCC(=O)C1. The van der Waals surface area contributed by atoms with E-state index in [0.29, 0.717) is 5.78 Å². The molecule has 0 heterocycles. The first-order valence-electron chi connectivity index (χ1n) is 5.18. The van der Waals surface area contributed by atoms with Crippen molar-refractivity contribution >= 4 is 5.78 Å². The minimum Gasteiger partial charge on any atom is -0.300 e. The van der Waals surface area contributed by atoms with Crippen LogP contribution in [0.1, 0.15) is 58.3 Å². The van der Waals surface area contributed by atoms with Crippen LogP contribution >= 0.6 is 0 Å². The summed E-state index contributed by atoms with van der Waals surface area (Å²) in [5.74, 6) is 1.97. The molecule has 0 N–H and O–H groups in total.